The number of aryl methyl sites for hydroxylation is 2. The number of ether oxygens (including phenoxy) is 1. The average molecular weight is 312 g/mol. The van der Waals surface area contributed by atoms with Crippen molar-refractivity contribution in [2.45, 2.75) is 59.8 Å². The molecule has 2 aromatic rings. The first-order chi connectivity index (χ1) is 10.8. The molecule has 1 nitrogen and oxygen atoms in total. The Morgan fingerprint density at radius 2 is 1.26 bits per heavy atom. The summed E-state index contributed by atoms with van der Waals surface area (Å²) in [7, 11) is 0. The molecule has 0 amide bonds. The van der Waals surface area contributed by atoms with Crippen molar-refractivity contribution in [2.24, 2.45) is 0 Å². The summed E-state index contributed by atoms with van der Waals surface area (Å²) in [4.78, 5) is 0. The molecule has 0 saturated heterocycles. The first kappa shape index (κ1) is 19.3. The Balaban J connectivity index is 0.000000231. The summed E-state index contributed by atoms with van der Waals surface area (Å²) >= 11 is 0. The van der Waals surface area contributed by atoms with Gasteiger partial charge >= 0.3 is 0 Å². The Morgan fingerprint density at radius 3 is 1.70 bits per heavy atom. The summed E-state index contributed by atoms with van der Waals surface area (Å²) < 4.78 is 5.50. The highest BCUT2D eigenvalue weighted by molar-refractivity contribution is 5.27. The van der Waals surface area contributed by atoms with Gasteiger partial charge in [-0.1, -0.05) is 81.6 Å². The average Bonchev–Trinajstić information content (AvgIpc) is 2.50. The van der Waals surface area contributed by atoms with Gasteiger partial charge in [-0.25, -0.2) is 0 Å². The van der Waals surface area contributed by atoms with Gasteiger partial charge in [0, 0.05) is 0 Å². The molecular formula is C22H32O. The molecule has 2 rings (SSSR count). The summed E-state index contributed by atoms with van der Waals surface area (Å²) in [5.41, 5.74) is 4.30. The van der Waals surface area contributed by atoms with E-state index in [2.05, 4.69) is 77.9 Å². The first-order valence-corrected chi connectivity index (χ1v) is 8.59. The van der Waals surface area contributed by atoms with Gasteiger partial charge in [0.05, 0.1) is 6.61 Å². The minimum absolute atomic E-state index is 0.285. The maximum atomic E-state index is 5.50. The number of rotatable bonds is 4. The van der Waals surface area contributed by atoms with E-state index < -0.39 is 0 Å². The second-order valence-corrected chi connectivity index (χ2v) is 7.13. The van der Waals surface area contributed by atoms with Gasteiger partial charge in [0.15, 0.2) is 0 Å². The molecule has 0 N–H and O–H groups in total. The van der Waals surface area contributed by atoms with Crippen LogP contribution in [-0.2, 0) is 5.41 Å². The van der Waals surface area contributed by atoms with Crippen LogP contribution in [0.1, 0.15) is 57.2 Å². The molecule has 0 aromatic heterocycles. The lowest BCUT2D eigenvalue weighted by Crippen LogP contribution is -2.10. The van der Waals surface area contributed by atoms with Gasteiger partial charge in [-0.3, -0.25) is 0 Å². The van der Waals surface area contributed by atoms with E-state index in [1.807, 2.05) is 12.1 Å². The van der Waals surface area contributed by atoms with E-state index in [9.17, 15) is 0 Å². The Morgan fingerprint density at radius 1 is 0.783 bits per heavy atom. The van der Waals surface area contributed by atoms with Crippen molar-refractivity contribution in [1.29, 1.82) is 0 Å². The molecule has 2 aromatic carbocycles. The maximum Gasteiger partial charge on any atom is 0.119 e. The first-order valence-electron chi connectivity index (χ1n) is 8.59. The molecule has 0 spiro atoms. The van der Waals surface area contributed by atoms with Crippen LogP contribution in [0.3, 0.4) is 0 Å². The highest BCUT2D eigenvalue weighted by Gasteiger charge is 2.11. The van der Waals surface area contributed by atoms with Crippen LogP contribution in [0.4, 0.5) is 0 Å². The van der Waals surface area contributed by atoms with Crippen molar-refractivity contribution in [3.63, 3.8) is 0 Å². The highest BCUT2D eigenvalue weighted by Crippen LogP contribution is 2.21. The van der Waals surface area contributed by atoms with Crippen molar-refractivity contribution < 1.29 is 4.74 Å². The maximum absolute atomic E-state index is 5.50. The molecule has 0 fully saturated rings. The summed E-state index contributed by atoms with van der Waals surface area (Å²) in [6, 6.07) is 16.9. The summed E-state index contributed by atoms with van der Waals surface area (Å²) in [5.74, 6) is 0.981. The quantitative estimate of drug-likeness (QED) is 0.588. The van der Waals surface area contributed by atoms with Crippen molar-refractivity contribution in [2.75, 3.05) is 6.61 Å². The minimum atomic E-state index is 0.285. The largest absolute Gasteiger partial charge is 0.494 e. The second-order valence-electron chi connectivity index (χ2n) is 7.13. The Labute approximate surface area is 142 Å². The van der Waals surface area contributed by atoms with E-state index in [-0.39, 0.29) is 5.41 Å². The predicted octanol–water partition coefficient (Wildman–Crippen LogP) is 6.47. The third-order valence-corrected chi connectivity index (χ3v) is 3.71. The molecular weight excluding hydrogens is 280 g/mol. The Hall–Kier alpha value is -1.76. The molecule has 0 heterocycles. The summed E-state index contributed by atoms with van der Waals surface area (Å²) in [5, 5.41) is 0. The van der Waals surface area contributed by atoms with Crippen LogP contribution in [0.5, 0.6) is 5.75 Å². The molecule has 0 saturated carbocycles. The normalized spacial score (nSPS) is 10.7. The molecule has 23 heavy (non-hydrogen) atoms. The summed E-state index contributed by atoms with van der Waals surface area (Å²) in [6.45, 7) is 13.9. The number of hydrogen-bond acceptors (Lipinski definition) is 1. The fourth-order valence-corrected chi connectivity index (χ4v) is 2.02. The van der Waals surface area contributed by atoms with Crippen molar-refractivity contribution in [1.82, 2.24) is 0 Å². The Bertz CT molecular complexity index is 544. The summed E-state index contributed by atoms with van der Waals surface area (Å²) in [6.07, 6.45) is 2.32. The lowest BCUT2D eigenvalue weighted by molar-refractivity contribution is 0.309. The fourth-order valence-electron chi connectivity index (χ4n) is 2.02. The monoisotopic (exact) mass is 312 g/mol. The molecule has 126 valence electrons. The second kappa shape index (κ2) is 9.39. The zero-order valence-corrected chi connectivity index (χ0v) is 15.6. The van der Waals surface area contributed by atoms with E-state index in [4.69, 9.17) is 4.74 Å². The molecule has 0 aliphatic rings. The van der Waals surface area contributed by atoms with Crippen LogP contribution >= 0.6 is 0 Å². The third-order valence-electron chi connectivity index (χ3n) is 3.71. The van der Waals surface area contributed by atoms with Crippen LogP contribution in [-0.4, -0.2) is 6.61 Å². The molecule has 0 bridgehead atoms. The third kappa shape index (κ3) is 7.88. The van der Waals surface area contributed by atoms with Gasteiger partial charge in [-0.15, -0.1) is 0 Å². The van der Waals surface area contributed by atoms with Crippen LogP contribution in [0, 0.1) is 13.8 Å². The zero-order chi connectivity index (χ0) is 17.3. The Kier molecular flexibility index (Phi) is 7.88. The van der Waals surface area contributed by atoms with Gasteiger partial charge in [-0.2, -0.15) is 0 Å². The van der Waals surface area contributed by atoms with Crippen LogP contribution in [0.2, 0.25) is 0 Å². The number of benzene rings is 2. The van der Waals surface area contributed by atoms with Crippen LogP contribution in [0.15, 0.2) is 48.5 Å². The van der Waals surface area contributed by atoms with Crippen LogP contribution < -0.4 is 4.74 Å². The van der Waals surface area contributed by atoms with E-state index in [0.717, 1.165) is 18.8 Å². The zero-order valence-electron chi connectivity index (χ0n) is 15.6. The fraction of sp³-hybridized carbons (Fsp3) is 0.455. The molecule has 1 heteroatoms. The minimum Gasteiger partial charge on any atom is -0.494 e. The topological polar surface area (TPSA) is 9.23 Å². The lowest BCUT2D eigenvalue weighted by Gasteiger charge is -2.18. The van der Waals surface area contributed by atoms with Gasteiger partial charge in [0.2, 0.25) is 0 Å². The van der Waals surface area contributed by atoms with Gasteiger partial charge in [-0.05, 0) is 43.4 Å². The van der Waals surface area contributed by atoms with Crippen molar-refractivity contribution in [3.05, 3.63) is 65.2 Å². The van der Waals surface area contributed by atoms with Crippen molar-refractivity contribution in [3.8, 4) is 5.75 Å². The molecule has 0 unspecified atom stereocenters. The lowest BCUT2D eigenvalue weighted by atomic mass is 9.87. The molecule has 0 aliphatic heterocycles. The standard InChI is InChI=1S/C11H16O.C11H16/c1-3-4-9-12-11-7-5-10(2)6-8-11;1-9-5-7-10(8-6-9)11(2,3)4/h5-8H,3-4,9H2,1-2H3;5-8H,1-4H3. The van der Waals surface area contributed by atoms with Gasteiger partial charge in [0.1, 0.15) is 5.75 Å². The molecule has 0 atom stereocenters. The number of hydrogen-bond donors (Lipinski definition) is 0. The van der Waals surface area contributed by atoms with Crippen molar-refractivity contribution >= 4 is 0 Å². The van der Waals surface area contributed by atoms with E-state index in [1.165, 1.54) is 23.1 Å². The smallest absolute Gasteiger partial charge is 0.119 e. The SMILES string of the molecule is CCCCOc1ccc(C)cc1.Cc1ccc(C(C)(C)C)cc1. The van der Waals surface area contributed by atoms with E-state index in [0.29, 0.717) is 0 Å². The predicted molar refractivity (Wildman–Crippen MR) is 101 cm³/mol. The van der Waals surface area contributed by atoms with E-state index in [1.54, 1.807) is 0 Å². The van der Waals surface area contributed by atoms with E-state index >= 15 is 0 Å². The highest BCUT2D eigenvalue weighted by atomic mass is 16.5. The van der Waals surface area contributed by atoms with Gasteiger partial charge in [0.25, 0.3) is 0 Å². The van der Waals surface area contributed by atoms with Crippen LogP contribution in [0.25, 0.3) is 0 Å². The molecule has 0 radical (unpaired) electrons. The number of unbranched alkanes of at least 4 members (excludes halogenated alkanes) is 1. The molecule has 0 aliphatic carbocycles. The van der Waals surface area contributed by atoms with Gasteiger partial charge < -0.3 is 4.74 Å².